The second-order valence-corrected chi connectivity index (χ2v) is 7.65. The van der Waals surface area contributed by atoms with E-state index in [2.05, 4.69) is 20.3 Å². The van der Waals surface area contributed by atoms with E-state index in [0.717, 1.165) is 33.9 Å². The number of allylic oxidation sites excluding steroid dienone is 1. The number of rotatable bonds is 1. The van der Waals surface area contributed by atoms with Gasteiger partial charge in [-0.1, -0.05) is 12.1 Å². The van der Waals surface area contributed by atoms with Crippen molar-refractivity contribution in [3.63, 3.8) is 0 Å². The SMILES string of the molecule is CC1=CC(N2C(=O)C(C)(C)c3ccc(-c4cnc(C)nc4)cc32)=NC(C)N1. The highest BCUT2D eigenvalue weighted by atomic mass is 16.2. The number of fused-ring (bicyclic) bond motifs is 1. The molecule has 0 fully saturated rings. The molecule has 0 aliphatic carbocycles. The third kappa shape index (κ3) is 2.81. The Bertz CT molecular complexity index is 988. The summed E-state index contributed by atoms with van der Waals surface area (Å²) >= 11 is 0. The Hall–Kier alpha value is -3.02. The van der Waals surface area contributed by atoms with Crippen LogP contribution in [0, 0.1) is 6.92 Å². The molecule has 1 unspecified atom stereocenters. The van der Waals surface area contributed by atoms with E-state index in [0.29, 0.717) is 5.84 Å². The molecule has 0 radical (unpaired) electrons. The highest BCUT2D eigenvalue weighted by Gasteiger charge is 2.45. The lowest BCUT2D eigenvalue weighted by atomic mass is 9.85. The van der Waals surface area contributed by atoms with Crippen LogP contribution in [0.15, 0.2) is 47.4 Å². The van der Waals surface area contributed by atoms with Crippen molar-refractivity contribution in [3.05, 3.63) is 53.8 Å². The Morgan fingerprint density at radius 1 is 1.11 bits per heavy atom. The van der Waals surface area contributed by atoms with E-state index in [1.54, 1.807) is 4.90 Å². The van der Waals surface area contributed by atoms with Crippen molar-refractivity contribution in [3.8, 4) is 11.1 Å². The fourth-order valence-corrected chi connectivity index (χ4v) is 3.65. The first-order valence-electron chi connectivity index (χ1n) is 9.08. The second kappa shape index (κ2) is 6.01. The third-order valence-corrected chi connectivity index (χ3v) is 5.10. The van der Waals surface area contributed by atoms with Crippen LogP contribution >= 0.6 is 0 Å². The van der Waals surface area contributed by atoms with Crippen molar-refractivity contribution in [2.45, 2.75) is 46.2 Å². The lowest BCUT2D eigenvalue weighted by molar-refractivity contribution is -0.121. The molecule has 1 amide bonds. The van der Waals surface area contributed by atoms with Gasteiger partial charge in [0.2, 0.25) is 5.91 Å². The average molecular weight is 361 g/mol. The topological polar surface area (TPSA) is 70.5 Å². The van der Waals surface area contributed by atoms with E-state index in [9.17, 15) is 4.79 Å². The molecular formula is C21H23N5O. The number of amides is 1. The van der Waals surface area contributed by atoms with Gasteiger partial charge in [-0.05, 0) is 57.9 Å². The number of benzene rings is 1. The highest BCUT2D eigenvalue weighted by Crippen LogP contribution is 2.43. The molecule has 0 saturated heterocycles. The first kappa shape index (κ1) is 17.4. The molecule has 2 aliphatic rings. The number of nitrogens with one attached hydrogen (secondary N) is 1. The molecular weight excluding hydrogens is 338 g/mol. The highest BCUT2D eigenvalue weighted by molar-refractivity contribution is 6.27. The third-order valence-electron chi connectivity index (χ3n) is 5.10. The van der Waals surface area contributed by atoms with Crippen LogP contribution in [0.25, 0.3) is 11.1 Å². The number of hydrogen-bond donors (Lipinski definition) is 1. The summed E-state index contributed by atoms with van der Waals surface area (Å²) in [6.45, 7) is 9.75. The normalized spacial score (nSPS) is 20.7. The summed E-state index contributed by atoms with van der Waals surface area (Å²) in [5.74, 6) is 1.44. The lowest BCUT2D eigenvalue weighted by Gasteiger charge is -2.26. The number of aliphatic imine (C=N–C) groups is 1. The van der Waals surface area contributed by atoms with Crippen molar-refractivity contribution in [2.24, 2.45) is 4.99 Å². The molecule has 6 nitrogen and oxygen atoms in total. The van der Waals surface area contributed by atoms with E-state index in [4.69, 9.17) is 0 Å². The smallest absolute Gasteiger partial charge is 0.242 e. The maximum Gasteiger partial charge on any atom is 0.242 e. The molecule has 2 aliphatic heterocycles. The molecule has 6 heteroatoms. The van der Waals surface area contributed by atoms with Crippen molar-refractivity contribution in [2.75, 3.05) is 4.90 Å². The zero-order valence-corrected chi connectivity index (χ0v) is 16.2. The Labute approximate surface area is 159 Å². The Morgan fingerprint density at radius 2 is 1.81 bits per heavy atom. The summed E-state index contributed by atoms with van der Waals surface area (Å²) < 4.78 is 0. The zero-order chi connectivity index (χ0) is 19.3. The summed E-state index contributed by atoms with van der Waals surface area (Å²) in [6, 6.07) is 6.10. The summed E-state index contributed by atoms with van der Waals surface area (Å²) in [7, 11) is 0. The number of aromatic nitrogens is 2. The van der Waals surface area contributed by atoms with Gasteiger partial charge in [0, 0.05) is 23.7 Å². The van der Waals surface area contributed by atoms with Gasteiger partial charge in [-0.2, -0.15) is 0 Å². The molecule has 3 heterocycles. The number of aryl methyl sites for hydroxylation is 1. The standard InChI is InChI=1S/C21H23N5O/c1-12-8-19(25-14(3)24-12)26-18-9-15(16-10-22-13(2)23-11-16)6-7-17(18)21(4,5)20(26)27/h6-11,14,24H,1-5H3. The van der Waals surface area contributed by atoms with E-state index in [-0.39, 0.29) is 12.1 Å². The summed E-state index contributed by atoms with van der Waals surface area (Å²) in [4.78, 5) is 28.2. The zero-order valence-electron chi connectivity index (χ0n) is 16.2. The van der Waals surface area contributed by atoms with Gasteiger partial charge >= 0.3 is 0 Å². The molecule has 0 spiro atoms. The quantitative estimate of drug-likeness (QED) is 0.846. The van der Waals surface area contributed by atoms with Crippen LogP contribution in [0.1, 0.15) is 39.1 Å². The van der Waals surface area contributed by atoms with Crippen LogP contribution in [0.5, 0.6) is 0 Å². The first-order chi connectivity index (χ1) is 12.8. The summed E-state index contributed by atoms with van der Waals surface area (Å²) in [5.41, 5.74) is 4.18. The van der Waals surface area contributed by atoms with Gasteiger partial charge in [-0.25, -0.2) is 15.0 Å². The van der Waals surface area contributed by atoms with Crippen LogP contribution in [0.2, 0.25) is 0 Å². The van der Waals surface area contributed by atoms with E-state index >= 15 is 0 Å². The summed E-state index contributed by atoms with van der Waals surface area (Å²) in [5, 5.41) is 3.25. The Kier molecular flexibility index (Phi) is 3.87. The fraction of sp³-hybridized carbons (Fsp3) is 0.333. The lowest BCUT2D eigenvalue weighted by Crippen LogP contribution is -2.42. The van der Waals surface area contributed by atoms with Gasteiger partial charge in [-0.15, -0.1) is 0 Å². The molecule has 1 aromatic heterocycles. The number of carbonyl (C=O) groups is 1. The minimum atomic E-state index is -0.601. The van der Waals surface area contributed by atoms with Crippen molar-refractivity contribution in [1.82, 2.24) is 15.3 Å². The minimum absolute atomic E-state index is 0.0340. The maximum atomic E-state index is 13.3. The van der Waals surface area contributed by atoms with Gasteiger partial charge in [0.1, 0.15) is 17.8 Å². The number of anilines is 1. The first-order valence-corrected chi connectivity index (χ1v) is 9.08. The molecule has 2 aromatic rings. The number of carbonyl (C=O) groups excluding carboxylic acids is 1. The average Bonchev–Trinajstić information content (AvgIpc) is 2.81. The second-order valence-electron chi connectivity index (χ2n) is 7.65. The molecule has 1 aromatic carbocycles. The summed E-state index contributed by atoms with van der Waals surface area (Å²) in [6.07, 6.45) is 5.47. The van der Waals surface area contributed by atoms with Crippen LogP contribution in [0.3, 0.4) is 0 Å². The molecule has 1 atom stereocenters. The Morgan fingerprint density at radius 3 is 2.48 bits per heavy atom. The van der Waals surface area contributed by atoms with Crippen LogP contribution in [0.4, 0.5) is 5.69 Å². The van der Waals surface area contributed by atoms with E-state index < -0.39 is 5.41 Å². The van der Waals surface area contributed by atoms with Crippen LogP contribution < -0.4 is 10.2 Å². The van der Waals surface area contributed by atoms with Crippen molar-refractivity contribution >= 4 is 17.4 Å². The largest absolute Gasteiger partial charge is 0.367 e. The molecule has 4 rings (SSSR count). The van der Waals surface area contributed by atoms with Crippen molar-refractivity contribution < 1.29 is 4.79 Å². The van der Waals surface area contributed by atoms with Gasteiger partial charge in [-0.3, -0.25) is 9.69 Å². The molecule has 0 saturated carbocycles. The van der Waals surface area contributed by atoms with E-state index in [1.807, 2.05) is 71.3 Å². The van der Waals surface area contributed by atoms with Gasteiger partial charge in [0.15, 0.2) is 0 Å². The predicted octanol–water partition coefficient (Wildman–Crippen LogP) is 3.33. The number of amidine groups is 1. The predicted molar refractivity (Wildman–Crippen MR) is 107 cm³/mol. The van der Waals surface area contributed by atoms with Crippen molar-refractivity contribution in [1.29, 1.82) is 0 Å². The molecule has 0 bridgehead atoms. The maximum absolute atomic E-state index is 13.3. The van der Waals surface area contributed by atoms with Gasteiger partial charge < -0.3 is 5.32 Å². The molecule has 138 valence electrons. The minimum Gasteiger partial charge on any atom is -0.367 e. The van der Waals surface area contributed by atoms with Gasteiger partial charge in [0.25, 0.3) is 0 Å². The van der Waals surface area contributed by atoms with E-state index in [1.165, 1.54) is 0 Å². The molecule has 27 heavy (non-hydrogen) atoms. The number of nitrogens with zero attached hydrogens (tertiary/aromatic N) is 4. The fourth-order valence-electron chi connectivity index (χ4n) is 3.65. The molecule has 1 N–H and O–H groups in total. The number of hydrogen-bond acceptors (Lipinski definition) is 5. The van der Waals surface area contributed by atoms with Crippen LogP contribution in [-0.4, -0.2) is 27.9 Å². The monoisotopic (exact) mass is 361 g/mol. The van der Waals surface area contributed by atoms with Gasteiger partial charge in [0.05, 0.1) is 11.1 Å². The Balaban J connectivity index is 1.86. The van der Waals surface area contributed by atoms with Crippen LogP contribution in [-0.2, 0) is 10.2 Å².